The van der Waals surface area contributed by atoms with Crippen molar-refractivity contribution in [1.29, 1.82) is 0 Å². The van der Waals surface area contributed by atoms with E-state index in [0.717, 1.165) is 5.56 Å². The molecule has 0 aromatic carbocycles. The van der Waals surface area contributed by atoms with Gasteiger partial charge in [0.05, 0.1) is 0 Å². The number of thiophene rings is 1. The van der Waals surface area contributed by atoms with Crippen LogP contribution in [0.3, 0.4) is 0 Å². The van der Waals surface area contributed by atoms with Crippen molar-refractivity contribution >= 4 is 11.3 Å². The molecule has 0 aliphatic rings. The Labute approximate surface area is 65.5 Å². The zero-order valence-corrected chi connectivity index (χ0v) is 6.22. The molecule has 11 heavy (non-hydrogen) atoms. The summed E-state index contributed by atoms with van der Waals surface area (Å²) < 4.78 is 4.71. The zero-order valence-electron chi connectivity index (χ0n) is 5.40. The molecule has 1 N–H and O–H groups in total. The highest BCUT2D eigenvalue weighted by atomic mass is 32.1. The van der Waals surface area contributed by atoms with Crippen molar-refractivity contribution in [2.24, 2.45) is 0 Å². The Morgan fingerprint density at radius 3 is 3.09 bits per heavy atom. The van der Waals surface area contributed by atoms with E-state index in [0.29, 0.717) is 5.89 Å². The molecule has 0 saturated carbocycles. The number of nitrogens with zero attached hydrogens (tertiary/aromatic N) is 1. The van der Waals surface area contributed by atoms with Crippen LogP contribution in [-0.2, 0) is 0 Å². The van der Waals surface area contributed by atoms with Crippen LogP contribution in [-0.4, -0.2) is 10.2 Å². The molecular weight excluding hydrogens is 164 g/mol. The topological polar surface area (TPSA) is 58.9 Å². The number of rotatable bonds is 1. The lowest BCUT2D eigenvalue weighted by Crippen LogP contribution is -1.93. The average Bonchev–Trinajstić information content (AvgIpc) is 2.55. The lowest BCUT2D eigenvalue weighted by molar-refractivity contribution is 0.527. The lowest BCUT2D eigenvalue weighted by Gasteiger charge is -1.81. The third kappa shape index (κ3) is 1.10. The van der Waals surface area contributed by atoms with Crippen LogP contribution in [0.2, 0.25) is 0 Å². The number of hydrogen-bond donors (Lipinski definition) is 1. The molecule has 4 nitrogen and oxygen atoms in total. The molecule has 0 spiro atoms. The molecule has 0 saturated heterocycles. The van der Waals surface area contributed by atoms with Crippen molar-refractivity contribution in [1.82, 2.24) is 10.2 Å². The summed E-state index contributed by atoms with van der Waals surface area (Å²) in [7, 11) is 0. The van der Waals surface area contributed by atoms with Crippen LogP contribution >= 0.6 is 11.3 Å². The van der Waals surface area contributed by atoms with Crippen LogP contribution in [0.4, 0.5) is 0 Å². The van der Waals surface area contributed by atoms with Gasteiger partial charge in [0.2, 0.25) is 5.89 Å². The Morgan fingerprint density at radius 1 is 1.64 bits per heavy atom. The smallest absolute Gasteiger partial charge is 0.388 e. The van der Waals surface area contributed by atoms with Crippen LogP contribution in [0, 0.1) is 0 Å². The minimum Gasteiger partial charge on any atom is -0.388 e. The fourth-order valence-electron chi connectivity index (χ4n) is 0.739. The monoisotopic (exact) mass is 168 g/mol. The molecule has 0 bridgehead atoms. The third-order valence-electron chi connectivity index (χ3n) is 1.21. The van der Waals surface area contributed by atoms with Crippen molar-refractivity contribution in [3.8, 4) is 11.5 Å². The van der Waals surface area contributed by atoms with E-state index in [4.69, 9.17) is 4.42 Å². The van der Waals surface area contributed by atoms with E-state index in [1.807, 2.05) is 16.8 Å². The molecule has 2 rings (SSSR count). The summed E-state index contributed by atoms with van der Waals surface area (Å²) >= 11 is 1.53. The summed E-state index contributed by atoms with van der Waals surface area (Å²) in [6, 6.07) is 1.84. The van der Waals surface area contributed by atoms with Gasteiger partial charge in [-0.05, 0) is 11.4 Å². The Balaban J connectivity index is 2.53. The van der Waals surface area contributed by atoms with E-state index in [1.54, 1.807) is 0 Å². The van der Waals surface area contributed by atoms with Crippen molar-refractivity contribution < 1.29 is 4.42 Å². The van der Waals surface area contributed by atoms with Gasteiger partial charge in [-0.3, -0.25) is 0 Å². The first kappa shape index (κ1) is 6.36. The standard InChI is InChI=1S/C6H4N2O2S/c9-6-8-7-5(10-6)4-1-2-11-3-4/h1-3H,(H,8,9). The van der Waals surface area contributed by atoms with Gasteiger partial charge in [0.25, 0.3) is 0 Å². The largest absolute Gasteiger partial charge is 0.434 e. The maximum Gasteiger partial charge on any atom is 0.434 e. The van der Waals surface area contributed by atoms with E-state index >= 15 is 0 Å². The van der Waals surface area contributed by atoms with Gasteiger partial charge in [0, 0.05) is 10.9 Å². The summed E-state index contributed by atoms with van der Waals surface area (Å²) in [5, 5.41) is 9.60. The van der Waals surface area contributed by atoms with Crippen LogP contribution in [0.15, 0.2) is 26.0 Å². The van der Waals surface area contributed by atoms with E-state index in [1.165, 1.54) is 11.3 Å². The molecule has 0 radical (unpaired) electrons. The van der Waals surface area contributed by atoms with Gasteiger partial charge in [-0.2, -0.15) is 11.3 Å². The quantitative estimate of drug-likeness (QED) is 0.693. The van der Waals surface area contributed by atoms with Crippen molar-refractivity contribution in [2.45, 2.75) is 0 Å². The first-order chi connectivity index (χ1) is 5.36. The van der Waals surface area contributed by atoms with Gasteiger partial charge in [-0.1, -0.05) is 0 Å². The fraction of sp³-hybridized carbons (Fsp3) is 0. The van der Waals surface area contributed by atoms with Gasteiger partial charge in [-0.25, -0.2) is 9.89 Å². The maximum absolute atomic E-state index is 10.5. The van der Waals surface area contributed by atoms with Crippen molar-refractivity contribution in [2.75, 3.05) is 0 Å². The lowest BCUT2D eigenvalue weighted by atomic mass is 10.3. The highest BCUT2D eigenvalue weighted by Gasteiger charge is 2.03. The molecule has 0 atom stereocenters. The molecule has 5 heteroatoms. The zero-order chi connectivity index (χ0) is 7.68. The number of H-pyrrole nitrogens is 1. The molecule has 0 aliphatic carbocycles. The summed E-state index contributed by atoms with van der Waals surface area (Å²) in [5.74, 6) is -0.178. The summed E-state index contributed by atoms with van der Waals surface area (Å²) in [5.41, 5.74) is 0.827. The van der Waals surface area contributed by atoms with Gasteiger partial charge in [0.1, 0.15) is 0 Å². The highest BCUT2D eigenvalue weighted by Crippen LogP contribution is 2.17. The second kappa shape index (κ2) is 2.35. The van der Waals surface area contributed by atoms with Crippen molar-refractivity contribution in [3.05, 3.63) is 27.4 Å². The Morgan fingerprint density at radius 2 is 2.55 bits per heavy atom. The van der Waals surface area contributed by atoms with E-state index in [2.05, 4.69) is 10.2 Å². The predicted octanol–water partition coefficient (Wildman–Crippen LogP) is 1.09. The minimum absolute atomic E-state index is 0.344. The summed E-state index contributed by atoms with van der Waals surface area (Å²) in [6.07, 6.45) is 0. The van der Waals surface area contributed by atoms with Crippen molar-refractivity contribution in [3.63, 3.8) is 0 Å². The van der Waals surface area contributed by atoms with Crippen LogP contribution in [0.25, 0.3) is 11.5 Å². The molecule has 0 fully saturated rings. The third-order valence-corrected chi connectivity index (χ3v) is 1.89. The number of aromatic amines is 1. The molecule has 0 unspecified atom stereocenters. The van der Waals surface area contributed by atoms with Gasteiger partial charge < -0.3 is 4.42 Å². The summed E-state index contributed by atoms with van der Waals surface area (Å²) in [4.78, 5) is 10.5. The van der Waals surface area contributed by atoms with Gasteiger partial charge in [-0.15, -0.1) is 5.10 Å². The van der Waals surface area contributed by atoms with Gasteiger partial charge in [0.15, 0.2) is 0 Å². The molecular formula is C6H4N2O2S. The SMILES string of the molecule is O=c1[nH]nc(-c2ccsc2)o1. The van der Waals surface area contributed by atoms with Crippen LogP contribution in [0.5, 0.6) is 0 Å². The molecule has 56 valence electrons. The number of aromatic nitrogens is 2. The molecule has 0 amide bonds. The normalized spacial score (nSPS) is 10.2. The Hall–Kier alpha value is -1.36. The fourth-order valence-corrected chi connectivity index (χ4v) is 1.37. The minimum atomic E-state index is -0.522. The van der Waals surface area contributed by atoms with Crippen LogP contribution < -0.4 is 5.76 Å². The van der Waals surface area contributed by atoms with E-state index in [-0.39, 0.29) is 0 Å². The number of nitrogens with one attached hydrogen (secondary N) is 1. The van der Waals surface area contributed by atoms with Crippen LogP contribution in [0.1, 0.15) is 0 Å². The molecule has 0 aliphatic heterocycles. The average molecular weight is 168 g/mol. The van der Waals surface area contributed by atoms with E-state index in [9.17, 15) is 4.79 Å². The first-order valence-electron chi connectivity index (χ1n) is 2.94. The second-order valence-electron chi connectivity index (χ2n) is 1.93. The highest BCUT2D eigenvalue weighted by molar-refractivity contribution is 7.08. The Bertz CT molecular complexity index is 387. The predicted molar refractivity (Wildman–Crippen MR) is 40.4 cm³/mol. The maximum atomic E-state index is 10.5. The summed E-state index contributed by atoms with van der Waals surface area (Å²) in [6.45, 7) is 0. The first-order valence-corrected chi connectivity index (χ1v) is 3.88. The number of hydrogen-bond acceptors (Lipinski definition) is 4. The molecule has 2 heterocycles. The molecule has 2 aromatic heterocycles. The van der Waals surface area contributed by atoms with E-state index < -0.39 is 5.76 Å². The second-order valence-corrected chi connectivity index (χ2v) is 2.71. The molecule has 2 aromatic rings. The Kier molecular flexibility index (Phi) is 1.36. The van der Waals surface area contributed by atoms with Gasteiger partial charge >= 0.3 is 5.76 Å².